The minimum absolute atomic E-state index is 0.106. The Balaban J connectivity index is 3.08. The van der Waals surface area contributed by atoms with Gasteiger partial charge in [0.15, 0.2) is 0 Å². The summed E-state index contributed by atoms with van der Waals surface area (Å²) in [7, 11) is 0. The van der Waals surface area contributed by atoms with E-state index in [4.69, 9.17) is 22.6 Å². The predicted octanol–water partition coefficient (Wildman–Crippen LogP) is 1.41. The van der Waals surface area contributed by atoms with E-state index in [1.54, 1.807) is 18.2 Å². The highest BCUT2D eigenvalue weighted by Gasteiger charge is 2.07. The molecule has 0 radical (unpaired) electrons. The van der Waals surface area contributed by atoms with Gasteiger partial charge in [0.05, 0.1) is 17.5 Å². The van der Waals surface area contributed by atoms with Crippen LogP contribution in [0.15, 0.2) is 18.2 Å². The third kappa shape index (κ3) is 2.11. The number of rotatable bonds is 2. The van der Waals surface area contributed by atoms with Gasteiger partial charge in [-0.25, -0.2) is 0 Å². The molecule has 0 saturated heterocycles. The van der Waals surface area contributed by atoms with Crippen LogP contribution in [0.3, 0.4) is 0 Å². The van der Waals surface area contributed by atoms with Gasteiger partial charge in [0.1, 0.15) is 6.07 Å². The van der Waals surface area contributed by atoms with Crippen molar-refractivity contribution in [2.24, 2.45) is 0 Å². The number of anilines is 1. The summed E-state index contributed by atoms with van der Waals surface area (Å²) in [5.41, 5.74) is 6.89. The predicted molar refractivity (Wildman–Crippen MR) is 51.2 cm³/mol. The van der Waals surface area contributed by atoms with Crippen molar-refractivity contribution in [1.82, 2.24) is 0 Å². The second-order valence-electron chi connectivity index (χ2n) is 2.63. The molecular weight excluding hydrogens is 188 g/mol. The molecular formula is C9H9ClN2O. The Labute approximate surface area is 81.4 Å². The van der Waals surface area contributed by atoms with Crippen molar-refractivity contribution in [1.29, 1.82) is 5.26 Å². The molecule has 0 aliphatic carbocycles. The van der Waals surface area contributed by atoms with Crippen LogP contribution in [0.1, 0.15) is 17.2 Å². The number of nitriles is 1. The minimum atomic E-state index is -0.741. The number of nitrogens with two attached hydrogens (primary N) is 1. The first-order chi connectivity index (χ1) is 6.19. The molecule has 1 rings (SSSR count). The number of aliphatic hydroxyl groups excluding tert-OH is 1. The Morgan fingerprint density at radius 2 is 2.31 bits per heavy atom. The van der Waals surface area contributed by atoms with Gasteiger partial charge in [-0.2, -0.15) is 5.26 Å². The van der Waals surface area contributed by atoms with Crippen molar-refractivity contribution in [3.63, 3.8) is 0 Å². The summed E-state index contributed by atoms with van der Waals surface area (Å²) in [6.07, 6.45) is -0.741. The van der Waals surface area contributed by atoms with Crippen LogP contribution in [0.5, 0.6) is 0 Å². The number of benzene rings is 1. The van der Waals surface area contributed by atoms with Crippen molar-refractivity contribution in [3.05, 3.63) is 29.3 Å². The van der Waals surface area contributed by atoms with E-state index in [9.17, 15) is 5.11 Å². The zero-order valence-corrected chi connectivity index (χ0v) is 7.62. The molecule has 0 aromatic heterocycles. The summed E-state index contributed by atoms with van der Waals surface area (Å²) in [5.74, 6) is 0.106. The molecule has 1 aromatic carbocycles. The monoisotopic (exact) mass is 196 g/mol. The van der Waals surface area contributed by atoms with E-state index in [-0.39, 0.29) is 5.88 Å². The molecule has 0 bridgehead atoms. The molecule has 3 N–H and O–H groups in total. The molecule has 0 fully saturated rings. The van der Waals surface area contributed by atoms with Gasteiger partial charge in [-0.3, -0.25) is 0 Å². The zero-order valence-electron chi connectivity index (χ0n) is 6.87. The summed E-state index contributed by atoms with van der Waals surface area (Å²) in [4.78, 5) is 0. The number of aliphatic hydroxyl groups is 1. The first kappa shape index (κ1) is 9.85. The lowest BCUT2D eigenvalue weighted by atomic mass is 10.1. The van der Waals surface area contributed by atoms with Crippen LogP contribution in [0.2, 0.25) is 0 Å². The highest BCUT2D eigenvalue weighted by molar-refractivity contribution is 6.18. The normalized spacial score (nSPS) is 12.1. The number of alkyl halides is 1. The lowest BCUT2D eigenvalue weighted by molar-refractivity contribution is 0.202. The summed E-state index contributed by atoms with van der Waals surface area (Å²) in [5, 5.41) is 18.0. The van der Waals surface area contributed by atoms with Gasteiger partial charge in [-0.1, -0.05) is 6.07 Å². The fraction of sp³-hybridized carbons (Fsp3) is 0.222. The molecule has 3 nitrogen and oxygen atoms in total. The number of hydrogen-bond acceptors (Lipinski definition) is 3. The van der Waals surface area contributed by atoms with Gasteiger partial charge in [0.2, 0.25) is 0 Å². The average molecular weight is 197 g/mol. The Morgan fingerprint density at radius 1 is 1.62 bits per heavy atom. The number of nitrogen functional groups attached to an aromatic ring is 1. The van der Waals surface area contributed by atoms with Crippen molar-refractivity contribution in [2.45, 2.75) is 6.10 Å². The Bertz CT molecular complexity index is 346. The van der Waals surface area contributed by atoms with Crippen LogP contribution in [0.4, 0.5) is 5.69 Å². The molecule has 0 amide bonds. The maximum atomic E-state index is 9.36. The van der Waals surface area contributed by atoms with E-state index in [0.717, 1.165) is 0 Å². The molecule has 4 heteroatoms. The lowest BCUT2D eigenvalue weighted by Crippen LogP contribution is -2.00. The minimum Gasteiger partial charge on any atom is -0.398 e. The van der Waals surface area contributed by atoms with E-state index >= 15 is 0 Å². The smallest absolute Gasteiger partial charge is 0.101 e. The SMILES string of the molecule is N#Cc1cc(C(O)CCl)ccc1N. The number of hydrogen-bond donors (Lipinski definition) is 2. The van der Waals surface area contributed by atoms with Gasteiger partial charge < -0.3 is 10.8 Å². The quantitative estimate of drug-likeness (QED) is 0.555. The first-order valence-electron chi connectivity index (χ1n) is 3.72. The van der Waals surface area contributed by atoms with Crippen molar-refractivity contribution in [3.8, 4) is 6.07 Å². The van der Waals surface area contributed by atoms with E-state index in [0.29, 0.717) is 16.8 Å². The van der Waals surface area contributed by atoms with Crippen LogP contribution >= 0.6 is 11.6 Å². The van der Waals surface area contributed by atoms with Crippen molar-refractivity contribution >= 4 is 17.3 Å². The topological polar surface area (TPSA) is 70.0 Å². The molecule has 13 heavy (non-hydrogen) atoms. The Kier molecular flexibility index (Phi) is 3.13. The van der Waals surface area contributed by atoms with Crippen molar-refractivity contribution in [2.75, 3.05) is 11.6 Å². The van der Waals surface area contributed by atoms with Crippen LogP contribution in [-0.2, 0) is 0 Å². The second-order valence-corrected chi connectivity index (χ2v) is 2.94. The van der Waals surface area contributed by atoms with Gasteiger partial charge in [-0.15, -0.1) is 11.6 Å². The highest BCUT2D eigenvalue weighted by atomic mass is 35.5. The van der Waals surface area contributed by atoms with E-state index in [1.165, 1.54) is 0 Å². The van der Waals surface area contributed by atoms with Crippen LogP contribution in [-0.4, -0.2) is 11.0 Å². The maximum absolute atomic E-state index is 9.36. The Hall–Kier alpha value is -1.24. The average Bonchev–Trinajstić information content (AvgIpc) is 2.17. The van der Waals surface area contributed by atoms with Crippen LogP contribution in [0.25, 0.3) is 0 Å². The third-order valence-electron chi connectivity index (χ3n) is 1.73. The Morgan fingerprint density at radius 3 is 2.85 bits per heavy atom. The van der Waals surface area contributed by atoms with Gasteiger partial charge in [0.25, 0.3) is 0 Å². The van der Waals surface area contributed by atoms with E-state index in [2.05, 4.69) is 0 Å². The van der Waals surface area contributed by atoms with Crippen LogP contribution < -0.4 is 5.73 Å². The van der Waals surface area contributed by atoms with Gasteiger partial charge in [0, 0.05) is 5.69 Å². The molecule has 0 saturated carbocycles. The molecule has 1 aromatic rings. The summed E-state index contributed by atoms with van der Waals surface area (Å²) in [6, 6.07) is 6.72. The molecule has 1 atom stereocenters. The van der Waals surface area contributed by atoms with Gasteiger partial charge >= 0.3 is 0 Å². The van der Waals surface area contributed by atoms with Gasteiger partial charge in [-0.05, 0) is 17.7 Å². The lowest BCUT2D eigenvalue weighted by Gasteiger charge is -2.07. The fourth-order valence-electron chi connectivity index (χ4n) is 0.967. The van der Waals surface area contributed by atoms with E-state index < -0.39 is 6.10 Å². The standard InChI is InChI=1S/C9H9ClN2O/c10-4-9(13)6-1-2-8(12)7(3-6)5-11/h1-3,9,13H,4,12H2. The summed E-state index contributed by atoms with van der Waals surface area (Å²) >= 11 is 5.46. The van der Waals surface area contributed by atoms with E-state index in [1.807, 2.05) is 6.07 Å². The van der Waals surface area contributed by atoms with Crippen LogP contribution in [0, 0.1) is 11.3 Å². The van der Waals surface area contributed by atoms with Crippen molar-refractivity contribution < 1.29 is 5.11 Å². The fourth-order valence-corrected chi connectivity index (χ4v) is 1.15. The largest absolute Gasteiger partial charge is 0.398 e. The molecule has 68 valence electrons. The molecule has 0 aliphatic heterocycles. The number of halogens is 1. The molecule has 0 aliphatic rings. The molecule has 1 unspecified atom stereocenters. The summed E-state index contributed by atoms with van der Waals surface area (Å²) < 4.78 is 0. The first-order valence-corrected chi connectivity index (χ1v) is 4.26. The third-order valence-corrected chi connectivity index (χ3v) is 2.02. The maximum Gasteiger partial charge on any atom is 0.101 e. The summed E-state index contributed by atoms with van der Waals surface area (Å²) in [6.45, 7) is 0. The second kappa shape index (κ2) is 4.13. The zero-order chi connectivity index (χ0) is 9.84. The highest BCUT2D eigenvalue weighted by Crippen LogP contribution is 2.19. The molecule has 0 spiro atoms. The number of nitrogens with zero attached hydrogens (tertiary/aromatic N) is 1. The molecule has 0 heterocycles.